The van der Waals surface area contributed by atoms with E-state index in [1.165, 1.54) is 30.5 Å². The highest BCUT2D eigenvalue weighted by molar-refractivity contribution is 6.31. The fraction of sp³-hybridized carbons (Fsp3) is 0.222. The number of rotatable bonds is 11. The van der Waals surface area contributed by atoms with Gasteiger partial charge in [-0.25, -0.2) is 9.82 Å². The molecule has 188 valence electrons. The van der Waals surface area contributed by atoms with Crippen molar-refractivity contribution in [3.63, 3.8) is 0 Å². The molecule has 0 aromatic heterocycles. The molecule has 0 spiro atoms. The zero-order chi connectivity index (χ0) is 25.9. The Kier molecular flexibility index (Phi) is 9.82. The number of carbonyl (C=O) groups excluding carboxylic acids is 2. The van der Waals surface area contributed by atoms with Gasteiger partial charge in [0, 0.05) is 46.6 Å². The Labute approximate surface area is 214 Å². The molecular weight excluding hydrogens is 483 g/mol. The van der Waals surface area contributed by atoms with Crippen LogP contribution in [0.2, 0.25) is 5.02 Å². The lowest BCUT2D eigenvalue weighted by molar-refractivity contribution is -0.120. The topological polar surface area (TPSA) is 83.0 Å². The monoisotopic (exact) mass is 510 g/mol. The van der Waals surface area contributed by atoms with Crippen molar-refractivity contribution in [1.29, 1.82) is 0 Å². The molecule has 0 radical (unpaired) electrons. The minimum absolute atomic E-state index is 0.251. The van der Waals surface area contributed by atoms with Crippen LogP contribution in [0.3, 0.4) is 0 Å². The number of amides is 2. The minimum Gasteiger partial charge on any atom is -0.488 e. The number of hydrogen-bond donors (Lipinski definition) is 2. The number of anilines is 1. The number of ether oxygens (including phenoxy) is 1. The first-order chi connectivity index (χ1) is 17.4. The third-order valence-electron chi connectivity index (χ3n) is 5.38. The summed E-state index contributed by atoms with van der Waals surface area (Å²) in [6.45, 7) is 5.82. The van der Waals surface area contributed by atoms with E-state index in [0.29, 0.717) is 16.3 Å². The third-order valence-corrected chi connectivity index (χ3v) is 5.74. The highest BCUT2D eigenvalue weighted by Crippen LogP contribution is 2.27. The van der Waals surface area contributed by atoms with Gasteiger partial charge in [-0.1, -0.05) is 29.8 Å². The lowest BCUT2D eigenvalue weighted by Gasteiger charge is -2.22. The molecule has 3 aromatic carbocycles. The van der Waals surface area contributed by atoms with Gasteiger partial charge in [-0.3, -0.25) is 9.59 Å². The van der Waals surface area contributed by atoms with Crippen LogP contribution in [-0.4, -0.2) is 37.7 Å². The van der Waals surface area contributed by atoms with E-state index >= 15 is 0 Å². The first kappa shape index (κ1) is 26.7. The van der Waals surface area contributed by atoms with Crippen molar-refractivity contribution in [1.82, 2.24) is 10.7 Å². The average Bonchev–Trinajstić information content (AvgIpc) is 2.89. The first-order valence-corrected chi connectivity index (χ1v) is 11.9. The molecule has 0 saturated carbocycles. The number of hydrazone groups is 1. The Balaban J connectivity index is 1.65. The van der Waals surface area contributed by atoms with E-state index in [-0.39, 0.29) is 18.7 Å². The van der Waals surface area contributed by atoms with Gasteiger partial charge in [-0.15, -0.1) is 0 Å². The number of nitrogens with zero attached hydrogens (tertiary/aromatic N) is 2. The van der Waals surface area contributed by atoms with Gasteiger partial charge in [0.25, 0.3) is 11.8 Å². The van der Waals surface area contributed by atoms with Crippen molar-refractivity contribution in [2.24, 2.45) is 5.10 Å². The van der Waals surface area contributed by atoms with E-state index < -0.39 is 17.6 Å². The van der Waals surface area contributed by atoms with E-state index in [0.717, 1.165) is 24.3 Å². The van der Waals surface area contributed by atoms with Crippen LogP contribution in [-0.2, 0) is 11.4 Å². The molecule has 0 saturated heterocycles. The Morgan fingerprint density at radius 3 is 2.47 bits per heavy atom. The van der Waals surface area contributed by atoms with Crippen LogP contribution in [0.4, 0.5) is 10.1 Å². The zero-order valence-electron chi connectivity index (χ0n) is 20.1. The van der Waals surface area contributed by atoms with E-state index in [4.69, 9.17) is 16.3 Å². The number of nitrogens with one attached hydrogen (secondary N) is 2. The number of halogens is 2. The zero-order valence-corrected chi connectivity index (χ0v) is 20.9. The Hall–Kier alpha value is -3.91. The molecule has 3 rings (SSSR count). The fourth-order valence-corrected chi connectivity index (χ4v) is 3.58. The summed E-state index contributed by atoms with van der Waals surface area (Å²) in [5.41, 5.74) is 5.14. The van der Waals surface area contributed by atoms with Crippen molar-refractivity contribution < 1.29 is 18.7 Å². The van der Waals surface area contributed by atoms with Gasteiger partial charge < -0.3 is 15.0 Å². The SMILES string of the molecule is CCN(CC)c1ccc(/C=N/NC(=O)CNC(=O)c2ccc(F)cc2)c(OCc2ccccc2Cl)c1. The largest absolute Gasteiger partial charge is 0.488 e. The smallest absolute Gasteiger partial charge is 0.259 e. The van der Waals surface area contributed by atoms with Gasteiger partial charge >= 0.3 is 0 Å². The third kappa shape index (κ3) is 7.55. The maximum atomic E-state index is 13.0. The van der Waals surface area contributed by atoms with Crippen LogP contribution in [0, 0.1) is 5.82 Å². The predicted molar refractivity (Wildman–Crippen MR) is 140 cm³/mol. The highest BCUT2D eigenvalue weighted by Gasteiger charge is 2.11. The summed E-state index contributed by atoms with van der Waals surface area (Å²) in [5.74, 6) is -0.864. The maximum absolute atomic E-state index is 13.0. The summed E-state index contributed by atoms with van der Waals surface area (Å²) in [6, 6.07) is 18.2. The average molecular weight is 511 g/mol. The molecular formula is C27H28ClFN4O3. The van der Waals surface area contributed by atoms with Gasteiger partial charge in [-0.2, -0.15) is 5.10 Å². The standard InChI is InChI=1S/C27H28ClFN4O3/c1-3-33(4-2)23-14-11-20(25(15-23)36-18-21-7-5-6-8-24(21)28)16-31-32-26(34)17-30-27(35)19-9-12-22(29)13-10-19/h5-16H,3-4,17-18H2,1-2H3,(H,30,35)(H,32,34)/b31-16+. The second-order valence-corrected chi connectivity index (χ2v) is 8.16. The Morgan fingerprint density at radius 1 is 1.06 bits per heavy atom. The van der Waals surface area contributed by atoms with Crippen LogP contribution < -0.4 is 20.4 Å². The van der Waals surface area contributed by atoms with E-state index in [1.807, 2.05) is 36.4 Å². The van der Waals surface area contributed by atoms with Crippen LogP contribution in [0.25, 0.3) is 0 Å². The van der Waals surface area contributed by atoms with Crippen molar-refractivity contribution in [3.8, 4) is 5.75 Å². The van der Waals surface area contributed by atoms with Gasteiger partial charge in [0.05, 0.1) is 12.8 Å². The van der Waals surface area contributed by atoms with Gasteiger partial charge in [0.2, 0.25) is 0 Å². The molecule has 36 heavy (non-hydrogen) atoms. The Morgan fingerprint density at radius 2 is 1.78 bits per heavy atom. The van der Waals surface area contributed by atoms with Crippen molar-refractivity contribution in [3.05, 3.63) is 94.3 Å². The molecule has 0 unspecified atom stereocenters. The first-order valence-electron chi connectivity index (χ1n) is 11.5. The molecule has 0 bridgehead atoms. The molecule has 3 aromatic rings. The molecule has 9 heteroatoms. The van der Waals surface area contributed by atoms with Crippen LogP contribution in [0.5, 0.6) is 5.75 Å². The van der Waals surface area contributed by atoms with Crippen molar-refractivity contribution >= 4 is 35.3 Å². The normalized spacial score (nSPS) is 10.8. The molecule has 0 aliphatic heterocycles. The molecule has 0 aliphatic rings. The molecule has 7 nitrogen and oxygen atoms in total. The molecule has 2 N–H and O–H groups in total. The summed E-state index contributed by atoms with van der Waals surface area (Å²) < 4.78 is 19.1. The number of carbonyl (C=O) groups is 2. The molecule has 2 amide bonds. The summed E-state index contributed by atoms with van der Waals surface area (Å²) in [4.78, 5) is 26.4. The lowest BCUT2D eigenvalue weighted by Crippen LogP contribution is -2.34. The van der Waals surface area contributed by atoms with E-state index in [9.17, 15) is 14.0 Å². The summed E-state index contributed by atoms with van der Waals surface area (Å²) in [5, 5.41) is 7.09. The van der Waals surface area contributed by atoms with E-state index in [1.54, 1.807) is 6.07 Å². The fourth-order valence-electron chi connectivity index (χ4n) is 3.39. The number of benzene rings is 3. The van der Waals surface area contributed by atoms with Crippen LogP contribution in [0.1, 0.15) is 35.3 Å². The molecule has 0 atom stereocenters. The second kappa shape index (κ2) is 13.3. The van der Waals surface area contributed by atoms with Crippen molar-refractivity contribution in [2.45, 2.75) is 20.5 Å². The molecule has 0 heterocycles. The van der Waals surface area contributed by atoms with Gasteiger partial charge in [-0.05, 0) is 56.3 Å². The minimum atomic E-state index is -0.514. The van der Waals surface area contributed by atoms with Gasteiger partial charge in [0.1, 0.15) is 18.2 Å². The second-order valence-electron chi connectivity index (χ2n) is 7.76. The van der Waals surface area contributed by atoms with Crippen LogP contribution in [0.15, 0.2) is 71.8 Å². The Bertz CT molecular complexity index is 1210. The molecule has 0 fully saturated rings. The van der Waals surface area contributed by atoms with Gasteiger partial charge in [0.15, 0.2) is 0 Å². The number of hydrogen-bond acceptors (Lipinski definition) is 5. The molecule has 0 aliphatic carbocycles. The summed E-state index contributed by atoms with van der Waals surface area (Å²) in [7, 11) is 0. The lowest BCUT2D eigenvalue weighted by atomic mass is 10.1. The summed E-state index contributed by atoms with van der Waals surface area (Å²) in [6.07, 6.45) is 1.48. The summed E-state index contributed by atoms with van der Waals surface area (Å²) >= 11 is 6.26. The van der Waals surface area contributed by atoms with Crippen LogP contribution >= 0.6 is 11.6 Å². The maximum Gasteiger partial charge on any atom is 0.259 e. The predicted octanol–water partition coefficient (Wildman–Crippen LogP) is 4.78. The van der Waals surface area contributed by atoms with Crippen molar-refractivity contribution in [2.75, 3.05) is 24.5 Å². The quantitative estimate of drug-likeness (QED) is 0.287. The van der Waals surface area contributed by atoms with E-state index in [2.05, 4.69) is 34.6 Å². The highest BCUT2D eigenvalue weighted by atomic mass is 35.5.